The Morgan fingerprint density at radius 3 is 2.07 bits per heavy atom. The number of carbonyl (C=O) groups is 2. The van der Waals surface area contributed by atoms with Crippen LogP contribution in [0.25, 0.3) is 0 Å². The second kappa shape index (κ2) is 10.7. The second-order valence-electron chi connectivity index (χ2n) is 5.85. The lowest BCUT2D eigenvalue weighted by Crippen LogP contribution is -2.18. The molecule has 1 heterocycles. The molecule has 0 spiro atoms. The predicted octanol–water partition coefficient (Wildman–Crippen LogP) is 3.99. The fraction of sp³-hybridized carbons (Fsp3) is 0.333. The lowest BCUT2D eigenvalue weighted by atomic mass is 10.2. The van der Waals surface area contributed by atoms with Gasteiger partial charge in [0.25, 0.3) is 0 Å². The fourth-order valence-electron chi connectivity index (χ4n) is 2.00. The second-order valence-corrected chi connectivity index (χ2v) is 6.83. The van der Waals surface area contributed by atoms with Crippen LogP contribution in [0.1, 0.15) is 23.0 Å². The maximum Gasteiger partial charge on any atom is 0.416 e. The Hall–Kier alpha value is -2.59. The van der Waals surface area contributed by atoms with Gasteiger partial charge in [-0.1, -0.05) is 6.07 Å². The zero-order chi connectivity index (χ0) is 21.3. The van der Waals surface area contributed by atoms with Crippen LogP contribution in [0, 0.1) is 0 Å². The number of aliphatic carboxylic acids is 2. The highest BCUT2D eigenvalue weighted by Crippen LogP contribution is 2.32. The molecule has 0 aliphatic rings. The zero-order valence-electron chi connectivity index (χ0n) is 15.1. The number of halogens is 3. The Kier molecular flexibility index (Phi) is 8.93. The van der Waals surface area contributed by atoms with E-state index < -0.39 is 23.7 Å². The lowest BCUT2D eigenvalue weighted by molar-refractivity contribution is -0.159. The number of benzene rings is 1. The van der Waals surface area contributed by atoms with Gasteiger partial charge in [0.15, 0.2) is 0 Å². The van der Waals surface area contributed by atoms with Crippen molar-refractivity contribution in [2.75, 3.05) is 20.6 Å². The van der Waals surface area contributed by atoms with Crippen LogP contribution in [-0.2, 0) is 15.8 Å². The van der Waals surface area contributed by atoms with E-state index in [0.29, 0.717) is 5.75 Å². The molecule has 2 rings (SSSR count). The molecule has 0 aliphatic carbocycles. The predicted molar refractivity (Wildman–Crippen MR) is 97.6 cm³/mol. The number of ether oxygens (including phenoxy) is 1. The molecule has 154 valence electrons. The number of carboxylic acid groups (broad SMARTS) is 2. The van der Waals surface area contributed by atoms with Crippen LogP contribution < -0.4 is 4.74 Å². The molecule has 28 heavy (non-hydrogen) atoms. The van der Waals surface area contributed by atoms with Crippen LogP contribution in [0.4, 0.5) is 13.2 Å². The van der Waals surface area contributed by atoms with Crippen LogP contribution in [0.5, 0.6) is 5.75 Å². The molecule has 0 saturated heterocycles. The van der Waals surface area contributed by atoms with Crippen molar-refractivity contribution in [3.8, 4) is 5.75 Å². The molecule has 0 aliphatic heterocycles. The Labute approximate surface area is 163 Å². The number of rotatable bonds is 6. The highest BCUT2D eigenvalue weighted by molar-refractivity contribution is 7.10. The number of thiophene rings is 1. The first kappa shape index (κ1) is 23.4. The normalized spacial score (nSPS) is 12.1. The summed E-state index contributed by atoms with van der Waals surface area (Å²) >= 11 is 1.59. The minimum atomic E-state index is -4.32. The van der Waals surface area contributed by atoms with Crippen molar-refractivity contribution in [1.82, 2.24) is 4.90 Å². The summed E-state index contributed by atoms with van der Waals surface area (Å²) in [5, 5.41) is 16.7. The molecule has 2 N–H and O–H groups in total. The third-order valence-electron chi connectivity index (χ3n) is 3.34. The van der Waals surface area contributed by atoms with E-state index in [2.05, 4.69) is 4.90 Å². The molecule has 1 unspecified atom stereocenters. The minimum Gasteiger partial charge on any atom is -0.485 e. The van der Waals surface area contributed by atoms with Crippen molar-refractivity contribution in [3.05, 3.63) is 52.2 Å². The van der Waals surface area contributed by atoms with Crippen molar-refractivity contribution in [3.63, 3.8) is 0 Å². The van der Waals surface area contributed by atoms with Crippen molar-refractivity contribution in [2.24, 2.45) is 0 Å². The topological polar surface area (TPSA) is 87.1 Å². The van der Waals surface area contributed by atoms with E-state index in [9.17, 15) is 13.2 Å². The van der Waals surface area contributed by atoms with E-state index in [0.717, 1.165) is 30.0 Å². The first-order chi connectivity index (χ1) is 13.0. The Morgan fingerprint density at radius 2 is 1.68 bits per heavy atom. The van der Waals surface area contributed by atoms with Gasteiger partial charge in [0.2, 0.25) is 0 Å². The molecule has 0 amide bonds. The molecule has 0 radical (unpaired) electrons. The Morgan fingerprint density at radius 1 is 1.11 bits per heavy atom. The molecular weight excluding hydrogens is 399 g/mol. The van der Waals surface area contributed by atoms with Crippen molar-refractivity contribution >= 4 is 23.3 Å². The molecule has 0 bridgehead atoms. The van der Waals surface area contributed by atoms with Crippen LogP contribution in [0.3, 0.4) is 0 Å². The van der Waals surface area contributed by atoms with Crippen LogP contribution in [0.2, 0.25) is 0 Å². The summed E-state index contributed by atoms with van der Waals surface area (Å²) < 4.78 is 43.6. The van der Waals surface area contributed by atoms with Gasteiger partial charge < -0.3 is 19.8 Å². The molecule has 0 saturated carbocycles. The monoisotopic (exact) mass is 419 g/mol. The van der Waals surface area contributed by atoms with Gasteiger partial charge in [0, 0.05) is 17.8 Å². The van der Waals surface area contributed by atoms with Gasteiger partial charge in [0.05, 0.1) is 5.56 Å². The van der Waals surface area contributed by atoms with Gasteiger partial charge in [-0.3, -0.25) is 0 Å². The van der Waals surface area contributed by atoms with Gasteiger partial charge in [-0.2, -0.15) is 13.2 Å². The maximum atomic E-state index is 12.6. The van der Waals surface area contributed by atoms with Gasteiger partial charge in [-0.05, 0) is 49.8 Å². The Bertz CT molecular complexity index is 734. The lowest BCUT2D eigenvalue weighted by Gasteiger charge is -2.20. The number of alkyl halides is 3. The molecule has 2 aromatic rings. The summed E-state index contributed by atoms with van der Waals surface area (Å²) in [7, 11) is 3.95. The highest BCUT2D eigenvalue weighted by atomic mass is 32.1. The molecule has 1 aromatic carbocycles. The fourth-order valence-corrected chi connectivity index (χ4v) is 2.79. The number of hydrogen-bond donors (Lipinski definition) is 2. The number of hydrogen-bond acceptors (Lipinski definition) is 5. The smallest absolute Gasteiger partial charge is 0.416 e. The highest BCUT2D eigenvalue weighted by Gasteiger charge is 2.30. The van der Waals surface area contributed by atoms with E-state index in [1.54, 1.807) is 11.3 Å². The summed E-state index contributed by atoms with van der Waals surface area (Å²) in [5.41, 5.74) is -0.666. The zero-order valence-corrected chi connectivity index (χ0v) is 16.0. The maximum absolute atomic E-state index is 12.6. The van der Waals surface area contributed by atoms with Gasteiger partial charge in [-0.15, -0.1) is 11.3 Å². The van der Waals surface area contributed by atoms with Crippen molar-refractivity contribution < 1.29 is 37.7 Å². The molecule has 1 atom stereocenters. The number of carboxylic acids is 2. The summed E-state index contributed by atoms with van der Waals surface area (Å²) in [6, 6.07) is 8.77. The van der Waals surface area contributed by atoms with Crippen LogP contribution >= 0.6 is 11.3 Å². The average molecular weight is 419 g/mol. The number of nitrogens with zero attached hydrogens (tertiary/aromatic N) is 1. The summed E-state index contributed by atoms with van der Waals surface area (Å²) in [4.78, 5) is 21.3. The van der Waals surface area contributed by atoms with Crippen molar-refractivity contribution in [2.45, 2.75) is 18.7 Å². The van der Waals surface area contributed by atoms with Gasteiger partial charge in [0.1, 0.15) is 11.9 Å². The summed E-state index contributed by atoms with van der Waals surface area (Å²) in [6.07, 6.45) is -3.70. The molecular formula is C18H20F3NO5S. The molecule has 6 nitrogen and oxygen atoms in total. The van der Waals surface area contributed by atoms with E-state index >= 15 is 0 Å². The van der Waals surface area contributed by atoms with Gasteiger partial charge >= 0.3 is 18.1 Å². The summed E-state index contributed by atoms with van der Waals surface area (Å²) in [5.74, 6) is -3.20. The van der Waals surface area contributed by atoms with E-state index in [-0.39, 0.29) is 6.10 Å². The first-order valence-corrected chi connectivity index (χ1v) is 8.87. The van der Waals surface area contributed by atoms with E-state index in [4.69, 9.17) is 24.5 Å². The minimum absolute atomic E-state index is 0.154. The SMILES string of the molecule is CN(C)CCC(Oc1ccc(C(F)(F)F)cc1)c1cccs1.O=C(O)C(=O)O. The van der Waals surface area contributed by atoms with E-state index in [1.165, 1.54) is 12.1 Å². The standard InChI is InChI=1S/C16H18F3NOS.C2H2O4/c1-20(2)10-9-14(15-4-3-11-22-15)21-13-7-5-12(6-8-13)16(17,18)19;3-1(4)2(5)6/h3-8,11,14H,9-10H2,1-2H3;(H,3,4)(H,5,6). The average Bonchev–Trinajstić information content (AvgIpc) is 3.13. The molecule has 0 fully saturated rings. The molecule has 1 aromatic heterocycles. The summed E-state index contributed by atoms with van der Waals surface area (Å²) in [6.45, 7) is 0.837. The quantitative estimate of drug-likeness (QED) is 0.689. The Balaban J connectivity index is 0.000000568. The van der Waals surface area contributed by atoms with Crippen LogP contribution in [0.15, 0.2) is 41.8 Å². The largest absolute Gasteiger partial charge is 0.485 e. The van der Waals surface area contributed by atoms with Crippen molar-refractivity contribution in [1.29, 1.82) is 0 Å². The molecule has 10 heteroatoms. The van der Waals surface area contributed by atoms with E-state index in [1.807, 2.05) is 31.6 Å². The van der Waals surface area contributed by atoms with Crippen LogP contribution in [-0.4, -0.2) is 47.7 Å². The third kappa shape index (κ3) is 8.40. The third-order valence-corrected chi connectivity index (χ3v) is 4.31. The first-order valence-electron chi connectivity index (χ1n) is 7.99. The van der Waals surface area contributed by atoms with Gasteiger partial charge in [-0.25, -0.2) is 9.59 Å².